The number of aromatic hydroxyl groups is 1. The van der Waals surface area contributed by atoms with Crippen molar-refractivity contribution in [1.29, 1.82) is 0 Å². The maximum absolute atomic E-state index is 12.6. The second-order valence-corrected chi connectivity index (χ2v) is 8.09. The molecule has 0 aliphatic heterocycles. The smallest absolute Gasteiger partial charge is 0.507 e. The second kappa shape index (κ2) is 9.69. The molecule has 4 rings (SSSR count). The van der Waals surface area contributed by atoms with Gasteiger partial charge in [0.25, 0.3) is 5.91 Å². The van der Waals surface area contributed by atoms with Crippen LogP contribution in [0.5, 0.6) is 11.5 Å². The highest BCUT2D eigenvalue weighted by Gasteiger charge is 2.31. The molecule has 3 aromatic rings. The molecular weight excluding hydrogens is 465 g/mol. The van der Waals surface area contributed by atoms with Crippen LogP contribution >= 0.6 is 0 Å². The summed E-state index contributed by atoms with van der Waals surface area (Å²) < 4.78 is 42.1. The van der Waals surface area contributed by atoms with Gasteiger partial charge >= 0.3 is 12.4 Å². The average Bonchev–Trinajstić information content (AvgIpc) is 3.18. The lowest BCUT2D eigenvalue weighted by molar-refractivity contribution is -0.274. The summed E-state index contributed by atoms with van der Waals surface area (Å²) in [5.74, 6) is -0.889. The number of aromatic nitrogens is 2. The fraction of sp³-hybridized carbons (Fsp3) is 0.292. The van der Waals surface area contributed by atoms with Crippen molar-refractivity contribution in [2.24, 2.45) is 0 Å². The summed E-state index contributed by atoms with van der Waals surface area (Å²) in [5, 5.41) is 20.2. The predicted octanol–water partition coefficient (Wildman–Crippen LogP) is 5.25. The number of hydrogen-bond acceptors (Lipinski definition) is 5. The molecule has 1 heterocycles. The molecule has 0 spiro atoms. The van der Waals surface area contributed by atoms with Crippen molar-refractivity contribution in [1.82, 2.24) is 15.1 Å². The topological polar surface area (TPSA) is 105 Å². The minimum absolute atomic E-state index is 0.0858. The van der Waals surface area contributed by atoms with Crippen LogP contribution in [0.3, 0.4) is 0 Å². The van der Waals surface area contributed by atoms with Gasteiger partial charge in [-0.25, -0.2) is 4.79 Å². The number of nitrogens with zero attached hydrogens (tertiary/aromatic N) is 2. The number of hydrogen-bond donors (Lipinski definition) is 3. The van der Waals surface area contributed by atoms with Gasteiger partial charge in [-0.15, -0.1) is 13.2 Å². The third-order valence-corrected chi connectivity index (χ3v) is 5.66. The number of alkyl halides is 3. The summed E-state index contributed by atoms with van der Waals surface area (Å²) in [7, 11) is 0. The highest BCUT2D eigenvalue weighted by atomic mass is 19.4. The van der Waals surface area contributed by atoms with Gasteiger partial charge in [-0.3, -0.25) is 4.79 Å². The van der Waals surface area contributed by atoms with Crippen molar-refractivity contribution in [3.8, 4) is 22.8 Å². The van der Waals surface area contributed by atoms with Gasteiger partial charge in [0.1, 0.15) is 11.5 Å². The van der Waals surface area contributed by atoms with Crippen LogP contribution in [0.25, 0.3) is 11.3 Å². The zero-order chi connectivity index (χ0) is 25.2. The largest absolute Gasteiger partial charge is 0.573 e. The van der Waals surface area contributed by atoms with E-state index in [-0.39, 0.29) is 23.3 Å². The Morgan fingerprint density at radius 3 is 2.46 bits per heavy atom. The monoisotopic (exact) mass is 488 g/mol. The Morgan fingerprint density at radius 1 is 1.14 bits per heavy atom. The lowest BCUT2D eigenvalue weighted by Gasteiger charge is -2.25. The molecule has 0 radical (unpaired) electrons. The highest BCUT2D eigenvalue weighted by Crippen LogP contribution is 2.39. The Bertz CT molecular complexity index is 1230. The fourth-order valence-electron chi connectivity index (χ4n) is 3.74. The Labute approximate surface area is 198 Å². The van der Waals surface area contributed by atoms with E-state index in [1.165, 1.54) is 35.0 Å². The minimum atomic E-state index is -4.82. The third kappa shape index (κ3) is 5.56. The summed E-state index contributed by atoms with van der Waals surface area (Å²) in [6.07, 6.45) is -1.87. The first-order chi connectivity index (χ1) is 16.6. The molecule has 0 bridgehead atoms. The zero-order valence-electron chi connectivity index (χ0n) is 18.7. The first kappa shape index (κ1) is 24.1. The van der Waals surface area contributed by atoms with E-state index in [4.69, 9.17) is 0 Å². The second-order valence-electron chi connectivity index (χ2n) is 8.09. The van der Waals surface area contributed by atoms with Crippen LogP contribution < -0.4 is 15.4 Å². The number of phenolic OH excluding ortho intramolecular Hbond substituents is 1. The van der Waals surface area contributed by atoms with Gasteiger partial charge in [0.05, 0.1) is 11.4 Å². The van der Waals surface area contributed by atoms with Crippen molar-refractivity contribution in [2.45, 2.75) is 38.5 Å². The fourth-order valence-corrected chi connectivity index (χ4v) is 3.74. The number of benzene rings is 2. The van der Waals surface area contributed by atoms with E-state index >= 15 is 0 Å². The summed E-state index contributed by atoms with van der Waals surface area (Å²) >= 11 is 0. The first-order valence-electron chi connectivity index (χ1n) is 11.0. The standard InChI is InChI=1S/C24H23F3N4O4/c1-2-28-23(34)31-20(14-4-3-5-14)13-19(30-31)18-12-16(8-11-21(18)32)29-22(33)15-6-9-17(10-7-15)35-24(25,26)27/h6-14,32H,2-5H2,1H3,(H,28,34)(H,29,33). The molecule has 1 aliphatic rings. The van der Waals surface area contributed by atoms with E-state index in [9.17, 15) is 27.9 Å². The van der Waals surface area contributed by atoms with Gasteiger partial charge in [0.15, 0.2) is 0 Å². The van der Waals surface area contributed by atoms with Crippen LogP contribution in [-0.4, -0.2) is 39.7 Å². The molecule has 11 heteroatoms. The van der Waals surface area contributed by atoms with E-state index in [0.29, 0.717) is 23.5 Å². The van der Waals surface area contributed by atoms with E-state index in [0.717, 1.165) is 37.1 Å². The number of nitrogens with one attached hydrogen (secondary N) is 2. The summed E-state index contributed by atoms with van der Waals surface area (Å²) in [6, 6.07) is 10.3. The van der Waals surface area contributed by atoms with Gasteiger partial charge in [0.2, 0.25) is 0 Å². The van der Waals surface area contributed by atoms with Gasteiger partial charge in [0, 0.05) is 29.3 Å². The van der Waals surface area contributed by atoms with E-state index in [2.05, 4.69) is 20.5 Å². The first-order valence-corrected chi connectivity index (χ1v) is 11.0. The number of rotatable bonds is 6. The molecule has 184 valence electrons. The van der Waals surface area contributed by atoms with Gasteiger partial charge in [-0.1, -0.05) is 6.42 Å². The van der Waals surface area contributed by atoms with Crippen molar-refractivity contribution in [3.63, 3.8) is 0 Å². The SMILES string of the molecule is CCNC(=O)n1nc(-c2cc(NC(=O)c3ccc(OC(F)(F)F)cc3)ccc2O)cc1C1CCC1. The molecule has 1 saturated carbocycles. The molecule has 8 nitrogen and oxygen atoms in total. The van der Waals surface area contributed by atoms with Crippen molar-refractivity contribution in [2.75, 3.05) is 11.9 Å². The van der Waals surface area contributed by atoms with Crippen LogP contribution in [0.2, 0.25) is 0 Å². The Hall–Kier alpha value is -4.02. The van der Waals surface area contributed by atoms with Crippen LogP contribution in [0.4, 0.5) is 23.7 Å². The molecule has 2 amide bonds. The summed E-state index contributed by atoms with van der Waals surface area (Å²) in [4.78, 5) is 25.1. The molecule has 0 saturated heterocycles. The number of ether oxygens (including phenoxy) is 1. The number of amides is 2. The maximum atomic E-state index is 12.6. The predicted molar refractivity (Wildman–Crippen MR) is 121 cm³/mol. The molecule has 1 aliphatic carbocycles. The van der Waals surface area contributed by atoms with Gasteiger partial charge in [-0.05, 0) is 68.3 Å². The van der Waals surface area contributed by atoms with Crippen molar-refractivity contribution >= 4 is 17.6 Å². The average molecular weight is 488 g/mol. The van der Waals surface area contributed by atoms with Crippen molar-refractivity contribution < 1.29 is 32.6 Å². The van der Waals surface area contributed by atoms with Crippen molar-refractivity contribution in [3.05, 3.63) is 59.8 Å². The lowest BCUT2D eigenvalue weighted by atomic mass is 9.82. The molecule has 1 aromatic heterocycles. The Morgan fingerprint density at radius 2 is 1.86 bits per heavy atom. The zero-order valence-corrected chi connectivity index (χ0v) is 18.7. The highest BCUT2D eigenvalue weighted by molar-refractivity contribution is 6.04. The maximum Gasteiger partial charge on any atom is 0.573 e. The van der Waals surface area contributed by atoms with Crippen LogP contribution in [0, 0.1) is 0 Å². The molecule has 1 fully saturated rings. The quantitative estimate of drug-likeness (QED) is 0.411. The Balaban J connectivity index is 1.56. The van der Waals surface area contributed by atoms with E-state index < -0.39 is 18.0 Å². The lowest BCUT2D eigenvalue weighted by Crippen LogP contribution is -2.31. The molecule has 0 atom stereocenters. The van der Waals surface area contributed by atoms with E-state index in [1.54, 1.807) is 13.0 Å². The van der Waals surface area contributed by atoms with Crippen LogP contribution in [0.15, 0.2) is 48.5 Å². The molecule has 0 unspecified atom stereocenters. The van der Waals surface area contributed by atoms with Crippen LogP contribution in [-0.2, 0) is 0 Å². The Kier molecular flexibility index (Phi) is 6.68. The molecule has 3 N–H and O–H groups in total. The molecule has 35 heavy (non-hydrogen) atoms. The summed E-state index contributed by atoms with van der Waals surface area (Å²) in [5.41, 5.74) is 1.89. The number of carbonyl (C=O) groups excluding carboxylic acids is 2. The number of phenols is 1. The third-order valence-electron chi connectivity index (χ3n) is 5.66. The number of anilines is 1. The van der Waals surface area contributed by atoms with Gasteiger partial charge in [-0.2, -0.15) is 9.78 Å². The van der Waals surface area contributed by atoms with E-state index in [1.807, 2.05) is 0 Å². The number of carbonyl (C=O) groups is 2. The number of halogens is 3. The summed E-state index contributed by atoms with van der Waals surface area (Å²) in [6.45, 7) is 2.24. The van der Waals surface area contributed by atoms with Gasteiger partial charge < -0.3 is 20.5 Å². The van der Waals surface area contributed by atoms with Crippen LogP contribution in [0.1, 0.15) is 48.2 Å². The molecular formula is C24H23F3N4O4. The molecule has 2 aromatic carbocycles. The normalized spacial score (nSPS) is 13.7. The minimum Gasteiger partial charge on any atom is -0.507 e.